The monoisotopic (exact) mass is 260 g/mol. The number of hydrogen-bond donors (Lipinski definition) is 1. The standard InChI is InChI=1S/C9H7F3N4S/c10-9(11,12)7-15-8(17-16-7)14-5-6-3-1-2-4-13-6/h1-4H,5H2,(H,14,15,16). The highest BCUT2D eigenvalue weighted by molar-refractivity contribution is 7.09. The van der Waals surface area contributed by atoms with E-state index in [1.807, 2.05) is 0 Å². The summed E-state index contributed by atoms with van der Waals surface area (Å²) in [7, 11) is 0. The second-order valence-electron chi connectivity index (χ2n) is 3.10. The van der Waals surface area contributed by atoms with Gasteiger partial charge in [-0.15, -0.1) is 0 Å². The first-order valence-corrected chi connectivity index (χ1v) is 5.38. The second kappa shape index (κ2) is 4.66. The molecular formula is C9H7F3N4S. The molecule has 0 aliphatic carbocycles. The summed E-state index contributed by atoms with van der Waals surface area (Å²) in [5.41, 5.74) is 0.719. The van der Waals surface area contributed by atoms with Crippen molar-refractivity contribution in [3.63, 3.8) is 0 Å². The minimum absolute atomic E-state index is 0.128. The van der Waals surface area contributed by atoms with Gasteiger partial charge in [0.05, 0.1) is 12.2 Å². The highest BCUT2D eigenvalue weighted by atomic mass is 32.1. The van der Waals surface area contributed by atoms with Gasteiger partial charge in [-0.3, -0.25) is 4.98 Å². The Morgan fingerprint density at radius 2 is 2.12 bits per heavy atom. The van der Waals surface area contributed by atoms with Crippen LogP contribution in [0.4, 0.5) is 18.3 Å². The van der Waals surface area contributed by atoms with Gasteiger partial charge in [-0.2, -0.15) is 22.5 Å². The summed E-state index contributed by atoms with van der Waals surface area (Å²) in [6.45, 7) is 0.313. The molecule has 0 atom stereocenters. The number of nitrogens with one attached hydrogen (secondary N) is 1. The molecule has 0 fully saturated rings. The molecule has 2 aromatic rings. The second-order valence-corrected chi connectivity index (χ2v) is 3.85. The number of alkyl halides is 3. The van der Waals surface area contributed by atoms with Gasteiger partial charge in [-0.25, -0.2) is 0 Å². The van der Waals surface area contributed by atoms with Crippen molar-refractivity contribution in [3.05, 3.63) is 35.9 Å². The molecule has 0 aliphatic rings. The van der Waals surface area contributed by atoms with E-state index in [1.54, 1.807) is 24.4 Å². The lowest BCUT2D eigenvalue weighted by Gasteiger charge is -2.01. The van der Waals surface area contributed by atoms with E-state index in [0.717, 1.165) is 5.69 Å². The van der Waals surface area contributed by atoms with Crippen molar-refractivity contribution in [1.29, 1.82) is 0 Å². The van der Waals surface area contributed by atoms with Crippen molar-refractivity contribution in [3.8, 4) is 0 Å². The molecule has 2 rings (SSSR count). The fourth-order valence-corrected chi connectivity index (χ4v) is 1.66. The highest BCUT2D eigenvalue weighted by Crippen LogP contribution is 2.28. The van der Waals surface area contributed by atoms with Crippen LogP contribution >= 0.6 is 11.5 Å². The normalized spacial score (nSPS) is 11.5. The van der Waals surface area contributed by atoms with E-state index in [4.69, 9.17) is 0 Å². The Kier molecular flexibility index (Phi) is 3.23. The van der Waals surface area contributed by atoms with Crippen LogP contribution in [0.2, 0.25) is 0 Å². The number of hydrogen-bond acceptors (Lipinski definition) is 5. The fraction of sp³-hybridized carbons (Fsp3) is 0.222. The zero-order valence-corrected chi connectivity index (χ0v) is 9.22. The van der Waals surface area contributed by atoms with Crippen molar-refractivity contribution in [2.45, 2.75) is 12.7 Å². The minimum Gasteiger partial charge on any atom is -0.355 e. The molecule has 17 heavy (non-hydrogen) atoms. The Bertz CT molecular complexity index is 482. The van der Waals surface area contributed by atoms with Crippen molar-refractivity contribution >= 4 is 16.7 Å². The van der Waals surface area contributed by atoms with Crippen LogP contribution in [0.15, 0.2) is 24.4 Å². The third-order valence-corrected chi connectivity index (χ3v) is 2.50. The number of aromatic nitrogens is 3. The van der Waals surface area contributed by atoms with Crippen LogP contribution in [0.25, 0.3) is 0 Å². The van der Waals surface area contributed by atoms with Crippen LogP contribution in [0.5, 0.6) is 0 Å². The fourth-order valence-electron chi connectivity index (χ4n) is 1.08. The maximum atomic E-state index is 12.2. The largest absolute Gasteiger partial charge is 0.452 e. The maximum absolute atomic E-state index is 12.2. The zero-order chi connectivity index (χ0) is 12.3. The smallest absolute Gasteiger partial charge is 0.355 e. The molecular weight excluding hydrogens is 253 g/mol. The zero-order valence-electron chi connectivity index (χ0n) is 8.40. The summed E-state index contributed by atoms with van der Waals surface area (Å²) in [4.78, 5) is 7.36. The van der Waals surface area contributed by atoms with Crippen molar-refractivity contribution in [1.82, 2.24) is 14.3 Å². The summed E-state index contributed by atoms with van der Waals surface area (Å²) in [5, 5.41) is 2.86. The first-order chi connectivity index (χ1) is 8.05. The maximum Gasteiger partial charge on any atom is 0.452 e. The van der Waals surface area contributed by atoms with Crippen molar-refractivity contribution in [2.24, 2.45) is 0 Å². The average Bonchev–Trinajstić information content (AvgIpc) is 2.76. The molecule has 2 aromatic heterocycles. The van der Waals surface area contributed by atoms with Crippen LogP contribution in [0, 0.1) is 0 Å². The SMILES string of the molecule is FC(F)(F)c1nsc(NCc2ccccn2)n1. The van der Waals surface area contributed by atoms with Crippen LogP contribution in [-0.4, -0.2) is 14.3 Å². The van der Waals surface area contributed by atoms with Crippen molar-refractivity contribution < 1.29 is 13.2 Å². The van der Waals surface area contributed by atoms with E-state index in [1.165, 1.54) is 0 Å². The molecule has 90 valence electrons. The van der Waals surface area contributed by atoms with Gasteiger partial charge in [0.2, 0.25) is 11.0 Å². The lowest BCUT2D eigenvalue weighted by Crippen LogP contribution is -2.08. The van der Waals surface area contributed by atoms with E-state index in [9.17, 15) is 13.2 Å². The molecule has 0 radical (unpaired) electrons. The first kappa shape index (κ1) is 11.8. The first-order valence-electron chi connectivity index (χ1n) is 4.60. The highest BCUT2D eigenvalue weighted by Gasteiger charge is 2.36. The third kappa shape index (κ3) is 3.13. The summed E-state index contributed by atoms with van der Waals surface area (Å²) in [6, 6.07) is 5.32. The topological polar surface area (TPSA) is 50.7 Å². The molecule has 0 bridgehead atoms. The van der Waals surface area contributed by atoms with Gasteiger partial charge in [-0.05, 0) is 12.1 Å². The lowest BCUT2D eigenvalue weighted by atomic mass is 10.3. The van der Waals surface area contributed by atoms with Gasteiger partial charge >= 0.3 is 6.18 Å². The molecule has 4 nitrogen and oxygen atoms in total. The lowest BCUT2D eigenvalue weighted by molar-refractivity contribution is -0.144. The number of pyridine rings is 1. The molecule has 1 N–H and O–H groups in total. The third-order valence-electron chi connectivity index (χ3n) is 1.83. The number of anilines is 1. The summed E-state index contributed by atoms with van der Waals surface area (Å²) in [5.74, 6) is -1.12. The molecule has 0 spiro atoms. The number of halogens is 3. The predicted octanol–water partition coefficient (Wildman–Crippen LogP) is 2.56. The number of nitrogens with zero attached hydrogens (tertiary/aromatic N) is 3. The van der Waals surface area contributed by atoms with Gasteiger partial charge in [0.1, 0.15) is 0 Å². The minimum atomic E-state index is -4.50. The molecule has 8 heteroatoms. The molecule has 0 aliphatic heterocycles. The van der Waals surface area contributed by atoms with E-state index >= 15 is 0 Å². The van der Waals surface area contributed by atoms with Crippen LogP contribution in [0.3, 0.4) is 0 Å². The molecule has 0 amide bonds. The van der Waals surface area contributed by atoms with Crippen LogP contribution < -0.4 is 5.32 Å². The van der Waals surface area contributed by atoms with Gasteiger partial charge in [0.25, 0.3) is 0 Å². The van der Waals surface area contributed by atoms with E-state index in [2.05, 4.69) is 19.7 Å². The Morgan fingerprint density at radius 3 is 2.71 bits per heavy atom. The van der Waals surface area contributed by atoms with Gasteiger partial charge < -0.3 is 5.32 Å². The summed E-state index contributed by atoms with van der Waals surface area (Å²) < 4.78 is 39.8. The van der Waals surface area contributed by atoms with Gasteiger partial charge in [-0.1, -0.05) is 6.07 Å². The van der Waals surface area contributed by atoms with Crippen LogP contribution in [-0.2, 0) is 12.7 Å². The number of rotatable bonds is 3. The van der Waals surface area contributed by atoms with E-state index < -0.39 is 12.0 Å². The quantitative estimate of drug-likeness (QED) is 0.921. The summed E-state index contributed by atoms with van der Waals surface area (Å²) >= 11 is 0.676. The van der Waals surface area contributed by atoms with Gasteiger partial charge in [0, 0.05) is 17.7 Å². The molecule has 2 heterocycles. The predicted molar refractivity (Wildman–Crippen MR) is 56.5 cm³/mol. The Morgan fingerprint density at radius 1 is 1.29 bits per heavy atom. The molecule has 0 saturated carbocycles. The van der Waals surface area contributed by atoms with Crippen molar-refractivity contribution in [2.75, 3.05) is 5.32 Å². The van der Waals surface area contributed by atoms with E-state index in [-0.39, 0.29) is 5.13 Å². The average molecular weight is 260 g/mol. The Hall–Kier alpha value is -1.70. The van der Waals surface area contributed by atoms with Gasteiger partial charge in [0.15, 0.2) is 0 Å². The van der Waals surface area contributed by atoms with Crippen LogP contribution in [0.1, 0.15) is 11.5 Å². The Labute approximate surface area is 98.7 Å². The summed E-state index contributed by atoms with van der Waals surface area (Å²) in [6.07, 6.45) is -2.89. The van der Waals surface area contributed by atoms with E-state index in [0.29, 0.717) is 18.1 Å². The molecule has 0 saturated heterocycles. The molecule has 0 aromatic carbocycles. The Balaban J connectivity index is 1.99. The molecule has 0 unspecified atom stereocenters.